The molecule has 18 heavy (non-hydrogen) atoms. The highest BCUT2D eigenvalue weighted by Gasteiger charge is 2.47. The summed E-state index contributed by atoms with van der Waals surface area (Å²) >= 11 is 5.81. The van der Waals surface area contributed by atoms with Crippen LogP contribution in [-0.2, 0) is 0 Å². The van der Waals surface area contributed by atoms with Gasteiger partial charge in [-0.15, -0.1) is 0 Å². The summed E-state index contributed by atoms with van der Waals surface area (Å²) in [6.45, 7) is 3.96. The van der Waals surface area contributed by atoms with Crippen molar-refractivity contribution >= 4 is 23.3 Å². The van der Waals surface area contributed by atoms with E-state index in [-0.39, 0.29) is 28.1 Å². The number of carboxylic acids is 1. The zero-order valence-corrected chi connectivity index (χ0v) is 11.0. The molecule has 0 heterocycles. The molecule has 1 aliphatic carbocycles. The molecule has 2 unspecified atom stereocenters. The number of carbonyl (C=O) groups is 1. The van der Waals surface area contributed by atoms with Crippen LogP contribution in [0, 0.1) is 5.41 Å². The van der Waals surface area contributed by atoms with Crippen molar-refractivity contribution in [3.05, 3.63) is 28.8 Å². The molecule has 0 saturated heterocycles. The fraction of sp³-hybridized carbons (Fsp3) is 0.462. The van der Waals surface area contributed by atoms with E-state index >= 15 is 0 Å². The summed E-state index contributed by atoms with van der Waals surface area (Å²) in [5.74, 6) is -1.04. The van der Waals surface area contributed by atoms with Gasteiger partial charge in [-0.3, -0.25) is 0 Å². The van der Waals surface area contributed by atoms with Crippen molar-refractivity contribution in [2.24, 2.45) is 5.41 Å². The molecule has 0 radical (unpaired) electrons. The smallest absolute Gasteiger partial charge is 0.337 e. The largest absolute Gasteiger partial charge is 0.478 e. The lowest BCUT2D eigenvalue weighted by Crippen LogP contribution is -2.56. The first-order valence-electron chi connectivity index (χ1n) is 5.80. The molecule has 1 fully saturated rings. The second kappa shape index (κ2) is 4.44. The molecule has 2 atom stereocenters. The molecular formula is C13H16ClNO3. The summed E-state index contributed by atoms with van der Waals surface area (Å²) in [5.41, 5.74) is 0.587. The molecule has 98 valence electrons. The Labute approximate surface area is 111 Å². The van der Waals surface area contributed by atoms with Crippen molar-refractivity contribution in [3.63, 3.8) is 0 Å². The van der Waals surface area contributed by atoms with Crippen LogP contribution in [0.3, 0.4) is 0 Å². The Morgan fingerprint density at radius 3 is 2.67 bits per heavy atom. The third kappa shape index (κ3) is 2.18. The van der Waals surface area contributed by atoms with Gasteiger partial charge in [0, 0.05) is 17.1 Å². The molecule has 5 heteroatoms. The van der Waals surface area contributed by atoms with Crippen LogP contribution in [0.15, 0.2) is 18.2 Å². The predicted octanol–water partition coefficient (Wildman–Crippen LogP) is 2.61. The lowest BCUT2D eigenvalue weighted by Gasteiger charge is -2.49. The number of hydrogen-bond donors (Lipinski definition) is 3. The lowest BCUT2D eigenvalue weighted by atomic mass is 9.64. The number of aromatic carboxylic acids is 1. The Bertz CT molecular complexity index is 487. The van der Waals surface area contributed by atoms with Gasteiger partial charge >= 0.3 is 5.97 Å². The van der Waals surface area contributed by atoms with Crippen molar-refractivity contribution in [1.82, 2.24) is 0 Å². The van der Waals surface area contributed by atoms with Gasteiger partial charge in [0.2, 0.25) is 0 Å². The first-order chi connectivity index (χ1) is 8.32. The number of anilines is 1. The molecule has 4 nitrogen and oxygen atoms in total. The van der Waals surface area contributed by atoms with E-state index in [1.54, 1.807) is 12.1 Å². The molecule has 1 saturated carbocycles. The van der Waals surface area contributed by atoms with Crippen molar-refractivity contribution in [2.45, 2.75) is 32.4 Å². The topological polar surface area (TPSA) is 69.6 Å². The number of rotatable bonds is 3. The van der Waals surface area contributed by atoms with Crippen LogP contribution >= 0.6 is 11.6 Å². The van der Waals surface area contributed by atoms with Gasteiger partial charge in [0.05, 0.1) is 16.7 Å². The molecule has 0 spiro atoms. The van der Waals surface area contributed by atoms with Gasteiger partial charge < -0.3 is 15.5 Å². The molecule has 1 aromatic rings. The van der Waals surface area contributed by atoms with E-state index < -0.39 is 5.97 Å². The van der Waals surface area contributed by atoms with Crippen LogP contribution in [0.5, 0.6) is 0 Å². The maximum atomic E-state index is 11.0. The second-order valence-corrected chi connectivity index (χ2v) is 5.68. The van der Waals surface area contributed by atoms with Gasteiger partial charge in [0.15, 0.2) is 0 Å². The number of halogens is 1. The van der Waals surface area contributed by atoms with Crippen LogP contribution < -0.4 is 5.32 Å². The predicted molar refractivity (Wildman–Crippen MR) is 70.2 cm³/mol. The van der Waals surface area contributed by atoms with Gasteiger partial charge in [0.1, 0.15) is 0 Å². The van der Waals surface area contributed by atoms with Crippen molar-refractivity contribution in [3.8, 4) is 0 Å². The Kier molecular flexibility index (Phi) is 3.25. The standard InChI is InChI=1S/C13H16ClNO3/c1-13(2)10(6-11(13)16)15-7-3-4-9(14)8(5-7)12(17)18/h3-5,10-11,15-16H,6H2,1-2H3,(H,17,18). The fourth-order valence-electron chi connectivity index (χ4n) is 2.13. The molecule has 0 aliphatic heterocycles. The zero-order chi connectivity index (χ0) is 13.5. The Morgan fingerprint density at radius 1 is 1.50 bits per heavy atom. The highest BCUT2D eigenvalue weighted by atomic mass is 35.5. The van der Waals surface area contributed by atoms with Crippen molar-refractivity contribution in [1.29, 1.82) is 0 Å². The highest BCUT2D eigenvalue weighted by Crippen LogP contribution is 2.42. The van der Waals surface area contributed by atoms with Crippen molar-refractivity contribution < 1.29 is 15.0 Å². The SMILES string of the molecule is CC1(C)C(O)CC1Nc1ccc(Cl)c(C(=O)O)c1. The van der Waals surface area contributed by atoms with E-state index in [4.69, 9.17) is 16.7 Å². The summed E-state index contributed by atoms with van der Waals surface area (Å²) in [4.78, 5) is 11.0. The summed E-state index contributed by atoms with van der Waals surface area (Å²) in [5, 5.41) is 22.1. The lowest BCUT2D eigenvalue weighted by molar-refractivity contribution is -0.0510. The van der Waals surface area contributed by atoms with Gasteiger partial charge in [-0.25, -0.2) is 4.79 Å². The maximum Gasteiger partial charge on any atom is 0.337 e. The quantitative estimate of drug-likeness (QED) is 0.789. The average molecular weight is 270 g/mol. The molecule has 0 amide bonds. The number of nitrogens with one attached hydrogen (secondary N) is 1. The van der Waals surface area contributed by atoms with Crippen LogP contribution in [0.1, 0.15) is 30.6 Å². The molecule has 1 aromatic carbocycles. The number of aliphatic hydroxyl groups is 1. The molecule has 0 aromatic heterocycles. The fourth-order valence-corrected chi connectivity index (χ4v) is 2.33. The summed E-state index contributed by atoms with van der Waals surface area (Å²) in [7, 11) is 0. The zero-order valence-electron chi connectivity index (χ0n) is 10.3. The molecule has 1 aliphatic rings. The third-order valence-corrected chi connectivity index (χ3v) is 4.08. The minimum Gasteiger partial charge on any atom is -0.478 e. The Morgan fingerprint density at radius 2 is 2.17 bits per heavy atom. The van der Waals surface area contributed by atoms with Crippen LogP contribution in [0.25, 0.3) is 0 Å². The average Bonchev–Trinajstić information content (AvgIpc) is 2.30. The first kappa shape index (κ1) is 13.2. The highest BCUT2D eigenvalue weighted by molar-refractivity contribution is 6.33. The molecule has 0 bridgehead atoms. The van der Waals surface area contributed by atoms with E-state index in [9.17, 15) is 9.90 Å². The minimum absolute atomic E-state index is 0.0827. The van der Waals surface area contributed by atoms with Gasteiger partial charge in [-0.2, -0.15) is 0 Å². The van der Waals surface area contributed by atoms with E-state index in [1.165, 1.54) is 6.07 Å². The minimum atomic E-state index is -1.04. The van der Waals surface area contributed by atoms with Crippen LogP contribution in [0.2, 0.25) is 5.02 Å². The van der Waals surface area contributed by atoms with Gasteiger partial charge in [-0.05, 0) is 24.6 Å². The summed E-state index contributed by atoms with van der Waals surface area (Å²) < 4.78 is 0. The molecule has 2 rings (SSSR count). The van der Waals surface area contributed by atoms with E-state index in [0.29, 0.717) is 12.1 Å². The van der Waals surface area contributed by atoms with E-state index in [0.717, 1.165) is 0 Å². The monoisotopic (exact) mass is 269 g/mol. The van der Waals surface area contributed by atoms with E-state index in [1.807, 2.05) is 13.8 Å². The van der Waals surface area contributed by atoms with Crippen LogP contribution in [0.4, 0.5) is 5.69 Å². The molecular weight excluding hydrogens is 254 g/mol. The molecule has 3 N–H and O–H groups in total. The number of hydrogen-bond acceptors (Lipinski definition) is 3. The second-order valence-electron chi connectivity index (χ2n) is 5.27. The number of benzene rings is 1. The third-order valence-electron chi connectivity index (χ3n) is 3.75. The summed E-state index contributed by atoms with van der Waals surface area (Å²) in [6, 6.07) is 4.96. The normalized spacial score (nSPS) is 25.3. The maximum absolute atomic E-state index is 11.0. The number of aliphatic hydroxyl groups excluding tert-OH is 1. The Hall–Kier alpha value is -1.26. The van der Waals surface area contributed by atoms with Crippen molar-refractivity contribution in [2.75, 3.05) is 5.32 Å². The van der Waals surface area contributed by atoms with Gasteiger partial charge in [0.25, 0.3) is 0 Å². The van der Waals surface area contributed by atoms with Gasteiger partial charge in [-0.1, -0.05) is 25.4 Å². The van der Waals surface area contributed by atoms with Crippen LogP contribution in [-0.4, -0.2) is 28.3 Å². The first-order valence-corrected chi connectivity index (χ1v) is 6.17. The van der Waals surface area contributed by atoms with E-state index in [2.05, 4.69) is 5.32 Å². The number of carboxylic acid groups (broad SMARTS) is 1. The summed E-state index contributed by atoms with van der Waals surface area (Å²) in [6.07, 6.45) is 0.346. The Balaban J connectivity index is 2.16.